The molecule has 166 valence electrons. The lowest BCUT2D eigenvalue weighted by Crippen LogP contribution is -2.56. The highest BCUT2D eigenvalue weighted by Gasteiger charge is 2.60. The van der Waals surface area contributed by atoms with Gasteiger partial charge in [-0.1, -0.05) is 0 Å². The van der Waals surface area contributed by atoms with Gasteiger partial charge in [-0.3, -0.25) is 9.59 Å². The number of halogens is 1. The van der Waals surface area contributed by atoms with Crippen LogP contribution in [0.5, 0.6) is 5.75 Å². The van der Waals surface area contributed by atoms with Crippen molar-refractivity contribution in [2.75, 3.05) is 24.7 Å². The molecular weight excluding hydrogens is 416 g/mol. The molecule has 6 nitrogen and oxygen atoms in total. The normalized spacial score (nSPS) is 30.5. The van der Waals surface area contributed by atoms with Crippen molar-refractivity contribution in [2.45, 2.75) is 56.7 Å². The summed E-state index contributed by atoms with van der Waals surface area (Å²) in [4.78, 5) is 27.3. The number of carbonyl (C=O) groups is 2. The zero-order chi connectivity index (χ0) is 22.1. The van der Waals surface area contributed by atoms with E-state index in [0.717, 1.165) is 32.1 Å². The minimum absolute atomic E-state index is 0.189. The summed E-state index contributed by atoms with van der Waals surface area (Å²) in [5.74, 6) is 1.06. The number of carbonyl (C=O) groups excluding carboxylic acids is 2. The molecule has 4 saturated carbocycles. The van der Waals surface area contributed by atoms with Crippen LogP contribution in [-0.4, -0.2) is 36.5 Å². The Morgan fingerprint density at radius 3 is 2.45 bits per heavy atom. The number of ether oxygens (including phenoxy) is 2. The standard InChI is InChI=1S/C24H29ClN2O4/c1-2-30-20-6-4-19(5-7-20)27(9-3-8-26)21(28)15-31-22(29)23-11-17-10-18(12-23)14-24(25,13-17)16-23/h4-7,17-18H,2-3,9-16H2,1H3/t17-,18-,23?,24?/m1/s1. The number of nitrogens with zero attached hydrogens (tertiary/aromatic N) is 2. The number of anilines is 1. The van der Waals surface area contributed by atoms with Crippen LogP contribution < -0.4 is 9.64 Å². The molecule has 0 unspecified atom stereocenters. The zero-order valence-corrected chi connectivity index (χ0v) is 18.7. The fourth-order valence-corrected chi connectivity index (χ4v) is 6.89. The highest BCUT2D eigenvalue weighted by atomic mass is 35.5. The molecule has 5 rings (SSSR count). The summed E-state index contributed by atoms with van der Waals surface area (Å²) in [6.45, 7) is 2.37. The van der Waals surface area contributed by atoms with Gasteiger partial charge in [-0.05, 0) is 81.5 Å². The van der Waals surface area contributed by atoms with Crippen molar-refractivity contribution in [3.63, 3.8) is 0 Å². The number of benzene rings is 1. The maximum atomic E-state index is 13.1. The van der Waals surface area contributed by atoms with E-state index in [-0.39, 0.29) is 36.3 Å². The molecule has 0 aliphatic heterocycles. The Balaban J connectivity index is 1.42. The highest BCUT2D eigenvalue weighted by molar-refractivity contribution is 6.24. The summed E-state index contributed by atoms with van der Waals surface area (Å²) in [5.41, 5.74) is 0.109. The predicted molar refractivity (Wildman–Crippen MR) is 117 cm³/mol. The molecule has 0 heterocycles. The van der Waals surface area contributed by atoms with Gasteiger partial charge in [0, 0.05) is 17.1 Å². The smallest absolute Gasteiger partial charge is 0.312 e. The average Bonchev–Trinajstić information content (AvgIpc) is 2.71. The van der Waals surface area contributed by atoms with Crippen LogP contribution in [0.15, 0.2) is 24.3 Å². The van der Waals surface area contributed by atoms with Crippen molar-refractivity contribution in [3.05, 3.63) is 24.3 Å². The van der Waals surface area contributed by atoms with E-state index in [9.17, 15) is 9.59 Å². The van der Waals surface area contributed by atoms with Gasteiger partial charge in [-0.15, -0.1) is 11.6 Å². The average molecular weight is 445 g/mol. The molecule has 4 fully saturated rings. The molecule has 2 atom stereocenters. The minimum Gasteiger partial charge on any atom is -0.494 e. The lowest BCUT2D eigenvalue weighted by Gasteiger charge is -2.58. The summed E-state index contributed by atoms with van der Waals surface area (Å²) in [7, 11) is 0. The second kappa shape index (κ2) is 8.70. The Kier molecular flexibility index (Phi) is 6.16. The van der Waals surface area contributed by atoms with Crippen molar-refractivity contribution in [3.8, 4) is 11.8 Å². The summed E-state index contributed by atoms with van der Waals surface area (Å²) < 4.78 is 11.0. The fourth-order valence-electron chi connectivity index (χ4n) is 6.20. The van der Waals surface area contributed by atoms with E-state index < -0.39 is 5.41 Å². The Morgan fingerprint density at radius 1 is 1.19 bits per heavy atom. The van der Waals surface area contributed by atoms with Gasteiger partial charge in [0.2, 0.25) is 0 Å². The predicted octanol–water partition coefficient (Wildman–Crippen LogP) is 4.45. The first-order valence-corrected chi connectivity index (χ1v) is 11.5. The van der Waals surface area contributed by atoms with Gasteiger partial charge in [-0.2, -0.15) is 5.26 Å². The molecule has 0 saturated heterocycles. The van der Waals surface area contributed by atoms with Crippen molar-refractivity contribution in [2.24, 2.45) is 17.3 Å². The maximum absolute atomic E-state index is 13.1. The van der Waals surface area contributed by atoms with E-state index in [1.165, 1.54) is 4.90 Å². The topological polar surface area (TPSA) is 79.6 Å². The van der Waals surface area contributed by atoms with E-state index in [1.54, 1.807) is 24.3 Å². The Hall–Kier alpha value is -2.26. The molecule has 0 spiro atoms. The van der Waals surface area contributed by atoms with Crippen LogP contribution in [0.4, 0.5) is 5.69 Å². The molecule has 0 aromatic heterocycles. The first kappa shape index (κ1) is 22.0. The summed E-state index contributed by atoms with van der Waals surface area (Å²) in [6.07, 6.45) is 5.61. The summed E-state index contributed by atoms with van der Waals surface area (Å²) >= 11 is 6.83. The zero-order valence-electron chi connectivity index (χ0n) is 17.9. The summed E-state index contributed by atoms with van der Waals surface area (Å²) in [6, 6.07) is 9.19. The van der Waals surface area contributed by atoms with Crippen LogP contribution in [0.25, 0.3) is 0 Å². The number of hydrogen-bond donors (Lipinski definition) is 0. The van der Waals surface area contributed by atoms with Crippen LogP contribution in [-0.2, 0) is 14.3 Å². The quantitative estimate of drug-likeness (QED) is 0.437. The molecule has 4 aliphatic rings. The van der Waals surface area contributed by atoms with Gasteiger partial charge in [0.05, 0.1) is 24.5 Å². The fraction of sp³-hybridized carbons (Fsp3) is 0.625. The van der Waals surface area contributed by atoms with E-state index in [4.69, 9.17) is 26.3 Å². The highest BCUT2D eigenvalue weighted by Crippen LogP contribution is 2.64. The molecule has 4 bridgehead atoms. The number of nitriles is 1. The number of rotatable bonds is 8. The van der Waals surface area contributed by atoms with E-state index in [0.29, 0.717) is 36.3 Å². The van der Waals surface area contributed by atoms with Crippen molar-refractivity contribution in [1.29, 1.82) is 5.26 Å². The second-order valence-electron chi connectivity index (χ2n) is 9.35. The summed E-state index contributed by atoms with van der Waals surface area (Å²) in [5, 5.41) is 8.99. The SMILES string of the molecule is CCOc1ccc(N(CCC#N)C(=O)COC(=O)C23C[C@H]4C[C@@H](CC(Cl)(C4)C2)C3)cc1. The molecule has 1 aromatic rings. The van der Waals surface area contributed by atoms with Gasteiger partial charge < -0.3 is 14.4 Å². The largest absolute Gasteiger partial charge is 0.494 e. The van der Waals surface area contributed by atoms with E-state index in [1.807, 2.05) is 6.92 Å². The first-order chi connectivity index (χ1) is 14.9. The third-order valence-electron chi connectivity index (χ3n) is 6.96. The van der Waals surface area contributed by atoms with E-state index in [2.05, 4.69) is 6.07 Å². The van der Waals surface area contributed by atoms with Gasteiger partial charge >= 0.3 is 5.97 Å². The van der Waals surface area contributed by atoms with Crippen LogP contribution in [0.2, 0.25) is 0 Å². The van der Waals surface area contributed by atoms with E-state index >= 15 is 0 Å². The third kappa shape index (κ3) is 4.52. The van der Waals surface area contributed by atoms with Crippen LogP contribution in [0.1, 0.15) is 51.9 Å². The van der Waals surface area contributed by atoms with Crippen LogP contribution in [0.3, 0.4) is 0 Å². The molecule has 7 heteroatoms. The Bertz CT molecular complexity index is 865. The maximum Gasteiger partial charge on any atom is 0.312 e. The first-order valence-electron chi connectivity index (χ1n) is 11.1. The lowest BCUT2D eigenvalue weighted by molar-refractivity contribution is -0.171. The van der Waals surface area contributed by atoms with Crippen molar-refractivity contribution >= 4 is 29.2 Å². The Morgan fingerprint density at radius 2 is 1.87 bits per heavy atom. The molecule has 1 aromatic carbocycles. The number of alkyl halides is 1. The number of amides is 1. The number of hydrogen-bond acceptors (Lipinski definition) is 5. The monoisotopic (exact) mass is 444 g/mol. The third-order valence-corrected chi connectivity index (χ3v) is 7.40. The van der Waals surface area contributed by atoms with Crippen LogP contribution in [0, 0.1) is 28.6 Å². The second-order valence-corrected chi connectivity index (χ2v) is 10.2. The minimum atomic E-state index is -0.539. The molecule has 4 aliphatic carbocycles. The lowest BCUT2D eigenvalue weighted by atomic mass is 9.49. The molecular formula is C24H29ClN2O4. The van der Waals surface area contributed by atoms with Crippen LogP contribution >= 0.6 is 11.6 Å². The van der Waals surface area contributed by atoms with Gasteiger partial charge in [-0.25, -0.2) is 0 Å². The van der Waals surface area contributed by atoms with Crippen molar-refractivity contribution in [1.82, 2.24) is 0 Å². The molecule has 31 heavy (non-hydrogen) atoms. The number of esters is 1. The Labute approximate surface area is 188 Å². The van der Waals surface area contributed by atoms with Gasteiger partial charge in [0.15, 0.2) is 6.61 Å². The van der Waals surface area contributed by atoms with Crippen molar-refractivity contribution < 1.29 is 19.1 Å². The van der Waals surface area contributed by atoms with Gasteiger partial charge in [0.1, 0.15) is 5.75 Å². The van der Waals surface area contributed by atoms with Gasteiger partial charge in [0.25, 0.3) is 5.91 Å². The molecule has 1 amide bonds. The molecule has 0 radical (unpaired) electrons. The molecule has 0 N–H and O–H groups in total.